The quantitative estimate of drug-likeness (QED) is 0.577. The molecule has 1 aliphatic rings. The standard InChI is InChI=1S/C15H23ClN2/c16-8-4-5-9-17-10-12-18(13-11-17)14-15-6-2-1-3-7-15/h1-3,6-7H,4-5,8-14H2. The highest BCUT2D eigenvalue weighted by Crippen LogP contribution is 2.09. The van der Waals surface area contributed by atoms with Gasteiger partial charge in [-0.3, -0.25) is 4.90 Å². The van der Waals surface area contributed by atoms with Crippen molar-refractivity contribution >= 4 is 11.6 Å². The molecule has 1 heterocycles. The van der Waals surface area contributed by atoms with Crippen LogP contribution in [0.5, 0.6) is 0 Å². The maximum absolute atomic E-state index is 5.71. The summed E-state index contributed by atoms with van der Waals surface area (Å²) < 4.78 is 0. The molecule has 0 N–H and O–H groups in total. The number of hydrogen-bond acceptors (Lipinski definition) is 2. The lowest BCUT2D eigenvalue weighted by molar-refractivity contribution is 0.126. The van der Waals surface area contributed by atoms with E-state index in [1.165, 1.54) is 44.7 Å². The minimum absolute atomic E-state index is 0.800. The number of piperazine rings is 1. The molecule has 2 rings (SSSR count). The van der Waals surface area contributed by atoms with Crippen molar-refractivity contribution in [1.82, 2.24) is 9.80 Å². The lowest BCUT2D eigenvalue weighted by Gasteiger charge is -2.34. The highest BCUT2D eigenvalue weighted by atomic mass is 35.5. The fourth-order valence-corrected chi connectivity index (χ4v) is 2.63. The molecule has 1 saturated heterocycles. The van der Waals surface area contributed by atoms with Crippen LogP contribution in [0.1, 0.15) is 18.4 Å². The molecule has 0 saturated carbocycles. The summed E-state index contributed by atoms with van der Waals surface area (Å²) >= 11 is 5.71. The third-order valence-electron chi connectivity index (χ3n) is 3.57. The highest BCUT2D eigenvalue weighted by molar-refractivity contribution is 6.17. The number of halogens is 1. The van der Waals surface area contributed by atoms with Crippen molar-refractivity contribution in [1.29, 1.82) is 0 Å². The van der Waals surface area contributed by atoms with Crippen LogP contribution in [-0.2, 0) is 6.54 Å². The van der Waals surface area contributed by atoms with E-state index in [-0.39, 0.29) is 0 Å². The Morgan fingerprint density at radius 2 is 1.56 bits per heavy atom. The molecule has 1 aromatic carbocycles. The van der Waals surface area contributed by atoms with E-state index in [1.54, 1.807) is 0 Å². The zero-order valence-corrected chi connectivity index (χ0v) is 11.8. The molecule has 3 heteroatoms. The van der Waals surface area contributed by atoms with Gasteiger partial charge in [0.15, 0.2) is 0 Å². The van der Waals surface area contributed by atoms with Gasteiger partial charge in [0, 0.05) is 38.6 Å². The first-order chi connectivity index (χ1) is 8.88. The average Bonchev–Trinajstić information content (AvgIpc) is 2.42. The second-order valence-corrected chi connectivity index (χ2v) is 5.38. The van der Waals surface area contributed by atoms with E-state index in [2.05, 4.69) is 40.1 Å². The van der Waals surface area contributed by atoms with Crippen molar-refractivity contribution in [3.8, 4) is 0 Å². The summed E-state index contributed by atoms with van der Waals surface area (Å²) in [5.41, 5.74) is 1.42. The Morgan fingerprint density at radius 3 is 2.22 bits per heavy atom. The normalized spacial score (nSPS) is 18.1. The van der Waals surface area contributed by atoms with Crippen LogP contribution in [0, 0.1) is 0 Å². The zero-order chi connectivity index (χ0) is 12.6. The Balaban J connectivity index is 1.67. The summed E-state index contributed by atoms with van der Waals surface area (Å²) in [5.74, 6) is 0.800. The van der Waals surface area contributed by atoms with Gasteiger partial charge in [-0.05, 0) is 24.9 Å². The third-order valence-corrected chi connectivity index (χ3v) is 3.84. The Kier molecular flexibility index (Phi) is 5.98. The topological polar surface area (TPSA) is 6.48 Å². The van der Waals surface area contributed by atoms with Gasteiger partial charge in [-0.1, -0.05) is 30.3 Å². The molecule has 100 valence electrons. The Hall–Kier alpha value is -0.570. The molecule has 0 aliphatic carbocycles. The lowest BCUT2D eigenvalue weighted by Crippen LogP contribution is -2.46. The number of unbranched alkanes of at least 4 members (excludes halogenated alkanes) is 1. The first-order valence-corrected chi connectivity index (χ1v) is 7.46. The van der Waals surface area contributed by atoms with Crippen LogP contribution in [0.15, 0.2) is 30.3 Å². The summed E-state index contributed by atoms with van der Waals surface area (Å²) in [6, 6.07) is 10.8. The van der Waals surface area contributed by atoms with Gasteiger partial charge in [-0.15, -0.1) is 11.6 Å². The Labute approximate surface area is 116 Å². The highest BCUT2D eigenvalue weighted by Gasteiger charge is 2.16. The van der Waals surface area contributed by atoms with Gasteiger partial charge in [-0.2, -0.15) is 0 Å². The van der Waals surface area contributed by atoms with Crippen LogP contribution in [0.2, 0.25) is 0 Å². The molecular formula is C15H23ClN2. The molecule has 1 fully saturated rings. The Morgan fingerprint density at radius 1 is 0.889 bits per heavy atom. The molecule has 0 radical (unpaired) electrons. The molecule has 0 unspecified atom stereocenters. The van der Waals surface area contributed by atoms with E-state index < -0.39 is 0 Å². The smallest absolute Gasteiger partial charge is 0.0234 e. The number of nitrogens with zero attached hydrogens (tertiary/aromatic N) is 2. The zero-order valence-electron chi connectivity index (χ0n) is 11.0. The van der Waals surface area contributed by atoms with Gasteiger partial charge in [0.2, 0.25) is 0 Å². The molecular weight excluding hydrogens is 244 g/mol. The van der Waals surface area contributed by atoms with Gasteiger partial charge in [0.05, 0.1) is 0 Å². The summed E-state index contributed by atoms with van der Waals surface area (Å²) in [6.07, 6.45) is 2.38. The van der Waals surface area contributed by atoms with E-state index in [1.807, 2.05) is 0 Å². The third kappa shape index (κ3) is 4.60. The second kappa shape index (κ2) is 7.78. The molecule has 0 bridgehead atoms. The maximum atomic E-state index is 5.71. The molecule has 2 nitrogen and oxygen atoms in total. The van der Waals surface area contributed by atoms with E-state index in [4.69, 9.17) is 11.6 Å². The van der Waals surface area contributed by atoms with Gasteiger partial charge in [0.25, 0.3) is 0 Å². The van der Waals surface area contributed by atoms with E-state index in [0.717, 1.165) is 18.8 Å². The SMILES string of the molecule is ClCCCCN1CCN(Cc2ccccc2)CC1. The number of rotatable bonds is 6. The summed E-state index contributed by atoms with van der Waals surface area (Å²) in [4.78, 5) is 5.11. The van der Waals surface area contributed by atoms with Crippen molar-refractivity contribution in [3.63, 3.8) is 0 Å². The van der Waals surface area contributed by atoms with Crippen molar-refractivity contribution in [2.45, 2.75) is 19.4 Å². The van der Waals surface area contributed by atoms with Crippen LogP contribution in [0.25, 0.3) is 0 Å². The maximum Gasteiger partial charge on any atom is 0.0234 e. The van der Waals surface area contributed by atoms with Gasteiger partial charge in [0.1, 0.15) is 0 Å². The number of hydrogen-bond donors (Lipinski definition) is 0. The summed E-state index contributed by atoms with van der Waals surface area (Å²) in [6.45, 7) is 7.10. The van der Waals surface area contributed by atoms with E-state index in [0.29, 0.717) is 0 Å². The van der Waals surface area contributed by atoms with Crippen molar-refractivity contribution in [3.05, 3.63) is 35.9 Å². The van der Waals surface area contributed by atoms with Crippen LogP contribution in [0.4, 0.5) is 0 Å². The molecule has 1 aromatic rings. The van der Waals surface area contributed by atoms with Crippen molar-refractivity contribution in [2.75, 3.05) is 38.6 Å². The van der Waals surface area contributed by atoms with Gasteiger partial charge in [-0.25, -0.2) is 0 Å². The summed E-state index contributed by atoms with van der Waals surface area (Å²) in [7, 11) is 0. The fraction of sp³-hybridized carbons (Fsp3) is 0.600. The molecule has 1 aliphatic heterocycles. The van der Waals surface area contributed by atoms with Crippen LogP contribution < -0.4 is 0 Å². The monoisotopic (exact) mass is 266 g/mol. The van der Waals surface area contributed by atoms with Crippen molar-refractivity contribution in [2.24, 2.45) is 0 Å². The largest absolute Gasteiger partial charge is 0.301 e. The predicted molar refractivity (Wildman–Crippen MR) is 78.1 cm³/mol. The molecule has 18 heavy (non-hydrogen) atoms. The minimum atomic E-state index is 0.800. The second-order valence-electron chi connectivity index (χ2n) is 5.00. The molecule has 0 amide bonds. The molecule has 0 atom stereocenters. The van der Waals surface area contributed by atoms with E-state index in [9.17, 15) is 0 Å². The first-order valence-electron chi connectivity index (χ1n) is 6.93. The summed E-state index contributed by atoms with van der Waals surface area (Å²) in [5, 5.41) is 0. The van der Waals surface area contributed by atoms with E-state index >= 15 is 0 Å². The first kappa shape index (κ1) is 13.9. The fourth-order valence-electron chi connectivity index (χ4n) is 2.44. The number of alkyl halides is 1. The predicted octanol–water partition coefficient (Wildman–Crippen LogP) is 2.82. The Bertz CT molecular complexity index is 321. The van der Waals surface area contributed by atoms with Crippen molar-refractivity contribution < 1.29 is 0 Å². The number of benzene rings is 1. The average molecular weight is 267 g/mol. The van der Waals surface area contributed by atoms with Crippen LogP contribution >= 0.6 is 11.6 Å². The van der Waals surface area contributed by atoms with Gasteiger partial charge < -0.3 is 4.90 Å². The molecule has 0 aromatic heterocycles. The lowest BCUT2D eigenvalue weighted by atomic mass is 10.2. The minimum Gasteiger partial charge on any atom is -0.301 e. The van der Waals surface area contributed by atoms with Crippen LogP contribution in [0.3, 0.4) is 0 Å². The molecule has 0 spiro atoms. The van der Waals surface area contributed by atoms with Gasteiger partial charge >= 0.3 is 0 Å². The van der Waals surface area contributed by atoms with Crippen LogP contribution in [-0.4, -0.2) is 48.4 Å².